The molecule has 1 aromatic heterocycles. The van der Waals surface area contributed by atoms with Gasteiger partial charge in [0.1, 0.15) is 5.82 Å². The monoisotopic (exact) mass is 247 g/mol. The van der Waals surface area contributed by atoms with Gasteiger partial charge in [0.2, 0.25) is 0 Å². The molecule has 1 aliphatic rings. The van der Waals surface area contributed by atoms with Crippen LogP contribution in [-0.4, -0.2) is 35.9 Å². The highest BCUT2D eigenvalue weighted by Gasteiger charge is 2.32. The average molecular weight is 247 g/mol. The number of hydrogen-bond donors (Lipinski definition) is 1. The third-order valence-corrected chi connectivity index (χ3v) is 3.69. The van der Waals surface area contributed by atoms with Gasteiger partial charge in [-0.05, 0) is 44.7 Å². The summed E-state index contributed by atoms with van der Waals surface area (Å²) in [5.41, 5.74) is 1.57. The molecule has 0 aliphatic heterocycles. The molecule has 1 saturated carbocycles. The molecule has 0 bridgehead atoms. The van der Waals surface area contributed by atoms with E-state index in [2.05, 4.69) is 17.2 Å². The summed E-state index contributed by atoms with van der Waals surface area (Å²) < 4.78 is 0. The molecule has 0 aromatic carbocycles. The van der Waals surface area contributed by atoms with Crippen LogP contribution < -0.4 is 5.32 Å². The fraction of sp³-hybridized carbons (Fsp3) is 0.571. The molecule has 0 spiro atoms. The van der Waals surface area contributed by atoms with Gasteiger partial charge in [0, 0.05) is 31.4 Å². The van der Waals surface area contributed by atoms with Gasteiger partial charge in [0.25, 0.3) is 5.91 Å². The SMILES string of the molecule is CNc1cc(C(=O)N(C)C(C)C2CC2)cc(C)n1. The second kappa shape index (κ2) is 4.96. The van der Waals surface area contributed by atoms with Crippen LogP contribution >= 0.6 is 0 Å². The predicted octanol–water partition coefficient (Wildman–Crippen LogP) is 2.30. The molecule has 18 heavy (non-hydrogen) atoms. The Bertz CT molecular complexity index is 454. The minimum atomic E-state index is 0.0800. The third-order valence-electron chi connectivity index (χ3n) is 3.69. The van der Waals surface area contributed by atoms with E-state index in [0.29, 0.717) is 17.5 Å². The Kier molecular flexibility index (Phi) is 3.55. The first kappa shape index (κ1) is 12.9. The van der Waals surface area contributed by atoms with E-state index in [1.807, 2.05) is 38.1 Å². The van der Waals surface area contributed by atoms with Crippen LogP contribution in [0.25, 0.3) is 0 Å². The number of carbonyl (C=O) groups is 1. The minimum absolute atomic E-state index is 0.0800. The van der Waals surface area contributed by atoms with Crippen molar-refractivity contribution in [1.29, 1.82) is 0 Å². The van der Waals surface area contributed by atoms with Crippen LogP contribution in [0.5, 0.6) is 0 Å². The average Bonchev–Trinajstić information content (AvgIpc) is 3.19. The normalized spacial score (nSPS) is 16.2. The van der Waals surface area contributed by atoms with Gasteiger partial charge in [-0.3, -0.25) is 4.79 Å². The molecule has 0 radical (unpaired) electrons. The number of hydrogen-bond acceptors (Lipinski definition) is 3. The van der Waals surface area contributed by atoms with Crippen molar-refractivity contribution in [2.45, 2.75) is 32.7 Å². The largest absolute Gasteiger partial charge is 0.373 e. The van der Waals surface area contributed by atoms with Crippen LogP contribution in [0.2, 0.25) is 0 Å². The Labute approximate surface area is 108 Å². The van der Waals surface area contributed by atoms with Crippen LogP contribution in [0.1, 0.15) is 35.8 Å². The molecule has 1 N–H and O–H groups in total. The lowest BCUT2D eigenvalue weighted by Gasteiger charge is -2.25. The third kappa shape index (κ3) is 2.63. The Hall–Kier alpha value is -1.58. The smallest absolute Gasteiger partial charge is 0.254 e. The van der Waals surface area contributed by atoms with E-state index in [0.717, 1.165) is 11.5 Å². The van der Waals surface area contributed by atoms with Gasteiger partial charge in [-0.25, -0.2) is 4.98 Å². The fourth-order valence-electron chi connectivity index (χ4n) is 2.20. The van der Waals surface area contributed by atoms with Crippen LogP contribution in [0.4, 0.5) is 5.82 Å². The summed E-state index contributed by atoms with van der Waals surface area (Å²) >= 11 is 0. The molecule has 1 aliphatic carbocycles. The first-order chi connectivity index (χ1) is 8.52. The Morgan fingerprint density at radius 1 is 1.50 bits per heavy atom. The van der Waals surface area contributed by atoms with E-state index < -0.39 is 0 Å². The van der Waals surface area contributed by atoms with Gasteiger partial charge < -0.3 is 10.2 Å². The summed E-state index contributed by atoms with van der Waals surface area (Å²) in [6.07, 6.45) is 2.49. The highest BCUT2D eigenvalue weighted by Crippen LogP contribution is 2.35. The molecule has 1 fully saturated rings. The van der Waals surface area contributed by atoms with Crippen molar-refractivity contribution in [1.82, 2.24) is 9.88 Å². The van der Waals surface area contributed by atoms with E-state index in [4.69, 9.17) is 0 Å². The first-order valence-corrected chi connectivity index (χ1v) is 6.46. The summed E-state index contributed by atoms with van der Waals surface area (Å²) in [6.45, 7) is 4.03. The topological polar surface area (TPSA) is 45.2 Å². The van der Waals surface area contributed by atoms with Crippen LogP contribution in [0.15, 0.2) is 12.1 Å². The fourth-order valence-corrected chi connectivity index (χ4v) is 2.20. The molecular formula is C14H21N3O. The maximum absolute atomic E-state index is 12.4. The van der Waals surface area contributed by atoms with Gasteiger partial charge in [-0.2, -0.15) is 0 Å². The number of nitrogens with one attached hydrogen (secondary N) is 1. The van der Waals surface area contributed by atoms with Crippen molar-refractivity contribution in [3.8, 4) is 0 Å². The zero-order valence-electron chi connectivity index (χ0n) is 11.5. The summed E-state index contributed by atoms with van der Waals surface area (Å²) in [4.78, 5) is 18.6. The van der Waals surface area contributed by atoms with Gasteiger partial charge in [-0.1, -0.05) is 0 Å². The molecule has 1 unspecified atom stereocenters. The van der Waals surface area contributed by atoms with Crippen LogP contribution in [0.3, 0.4) is 0 Å². The number of rotatable bonds is 4. The van der Waals surface area contributed by atoms with Gasteiger partial charge in [0.15, 0.2) is 0 Å². The predicted molar refractivity (Wildman–Crippen MR) is 72.8 cm³/mol. The number of anilines is 1. The second-order valence-corrected chi connectivity index (χ2v) is 5.13. The maximum Gasteiger partial charge on any atom is 0.254 e. The second-order valence-electron chi connectivity index (χ2n) is 5.13. The zero-order valence-corrected chi connectivity index (χ0v) is 11.5. The highest BCUT2D eigenvalue weighted by atomic mass is 16.2. The van der Waals surface area contributed by atoms with Gasteiger partial charge in [0.05, 0.1) is 0 Å². The zero-order chi connectivity index (χ0) is 13.3. The number of pyridine rings is 1. The van der Waals surface area contributed by atoms with Crippen LogP contribution in [0, 0.1) is 12.8 Å². The van der Waals surface area contributed by atoms with Gasteiger partial charge in [-0.15, -0.1) is 0 Å². The standard InChI is InChI=1S/C14H21N3O/c1-9-7-12(8-13(15-3)16-9)14(18)17(4)10(2)11-5-6-11/h7-8,10-11H,5-6H2,1-4H3,(H,15,16). The molecule has 1 amide bonds. The Morgan fingerprint density at radius 3 is 2.72 bits per heavy atom. The van der Waals surface area contributed by atoms with E-state index in [1.54, 1.807) is 0 Å². The number of aryl methyl sites for hydroxylation is 1. The van der Waals surface area contributed by atoms with Crippen molar-refractivity contribution >= 4 is 11.7 Å². The molecule has 98 valence electrons. The Balaban J connectivity index is 2.19. The van der Waals surface area contributed by atoms with Crippen molar-refractivity contribution in [2.24, 2.45) is 5.92 Å². The minimum Gasteiger partial charge on any atom is -0.373 e. The number of carbonyl (C=O) groups excluding carboxylic acids is 1. The first-order valence-electron chi connectivity index (χ1n) is 6.46. The number of amides is 1. The van der Waals surface area contributed by atoms with Gasteiger partial charge >= 0.3 is 0 Å². The van der Waals surface area contributed by atoms with Crippen LogP contribution in [-0.2, 0) is 0 Å². The van der Waals surface area contributed by atoms with E-state index in [1.165, 1.54) is 12.8 Å². The molecule has 1 aromatic rings. The summed E-state index contributed by atoms with van der Waals surface area (Å²) in [7, 11) is 3.70. The van der Waals surface area contributed by atoms with E-state index >= 15 is 0 Å². The Morgan fingerprint density at radius 2 is 2.17 bits per heavy atom. The highest BCUT2D eigenvalue weighted by molar-refractivity contribution is 5.95. The molecule has 4 heteroatoms. The lowest BCUT2D eigenvalue weighted by molar-refractivity contribution is 0.0727. The molecular weight excluding hydrogens is 226 g/mol. The van der Waals surface area contributed by atoms with Crippen molar-refractivity contribution in [3.05, 3.63) is 23.4 Å². The molecule has 4 nitrogen and oxygen atoms in total. The lowest BCUT2D eigenvalue weighted by Crippen LogP contribution is -2.36. The summed E-state index contributed by atoms with van der Waals surface area (Å²) in [6, 6.07) is 3.98. The summed E-state index contributed by atoms with van der Waals surface area (Å²) in [5, 5.41) is 2.98. The molecule has 1 atom stereocenters. The maximum atomic E-state index is 12.4. The molecule has 0 saturated heterocycles. The van der Waals surface area contributed by atoms with E-state index in [9.17, 15) is 4.79 Å². The van der Waals surface area contributed by atoms with E-state index in [-0.39, 0.29) is 5.91 Å². The summed E-state index contributed by atoms with van der Waals surface area (Å²) in [5.74, 6) is 1.51. The number of aromatic nitrogens is 1. The number of nitrogens with zero attached hydrogens (tertiary/aromatic N) is 2. The van der Waals surface area contributed by atoms with Crippen molar-refractivity contribution in [2.75, 3.05) is 19.4 Å². The quantitative estimate of drug-likeness (QED) is 0.888. The van der Waals surface area contributed by atoms with Crippen molar-refractivity contribution < 1.29 is 4.79 Å². The van der Waals surface area contributed by atoms with Crippen molar-refractivity contribution in [3.63, 3.8) is 0 Å². The molecule has 1 heterocycles. The molecule has 2 rings (SSSR count). The lowest BCUT2D eigenvalue weighted by atomic mass is 10.1.